The second kappa shape index (κ2) is 11.4. The van der Waals surface area contributed by atoms with Crippen LogP contribution in [0.5, 0.6) is 5.88 Å². The van der Waals surface area contributed by atoms with E-state index >= 15 is 0 Å². The minimum Gasteiger partial charge on any atom is -0.472 e. The van der Waals surface area contributed by atoms with Gasteiger partial charge in [-0.3, -0.25) is 4.79 Å². The van der Waals surface area contributed by atoms with Crippen molar-refractivity contribution < 1.29 is 17.9 Å². The van der Waals surface area contributed by atoms with E-state index in [0.717, 1.165) is 48.8 Å². The minimum atomic E-state index is -4.09. The van der Waals surface area contributed by atoms with Gasteiger partial charge in [0.25, 0.3) is 15.9 Å². The molecule has 1 unspecified atom stereocenters. The minimum absolute atomic E-state index is 0.0240. The Balaban J connectivity index is 1.29. The van der Waals surface area contributed by atoms with Gasteiger partial charge in [-0.2, -0.15) is 4.98 Å². The van der Waals surface area contributed by atoms with Gasteiger partial charge in [0.2, 0.25) is 11.8 Å². The zero-order chi connectivity index (χ0) is 31.6. The zero-order valence-corrected chi connectivity index (χ0v) is 27.7. The highest BCUT2D eigenvalue weighted by Gasteiger charge is 2.57. The fraction of sp³-hybridized carbons (Fsp3) is 0.541. The SMILES string of the molecule is Cc1cccc(C)c1-c1cc2nc(n1)NS(=O)(=O)c1cccc(c1)C(=O)N(C1CC3(CC3)C1)C(CC1CCCCC1)[C@@H](C1CC1)O2. The van der Waals surface area contributed by atoms with Gasteiger partial charge < -0.3 is 9.64 Å². The van der Waals surface area contributed by atoms with Crippen molar-refractivity contribution in [2.75, 3.05) is 4.72 Å². The van der Waals surface area contributed by atoms with Crippen LogP contribution in [0.25, 0.3) is 11.3 Å². The maximum atomic E-state index is 14.8. The molecule has 8 nitrogen and oxygen atoms in total. The largest absolute Gasteiger partial charge is 0.472 e. The maximum Gasteiger partial charge on any atom is 0.264 e. The molecule has 242 valence electrons. The van der Waals surface area contributed by atoms with Crippen LogP contribution in [0.3, 0.4) is 0 Å². The molecular weight excluding hydrogens is 596 g/mol. The van der Waals surface area contributed by atoms with Gasteiger partial charge in [-0.1, -0.05) is 56.4 Å². The smallest absolute Gasteiger partial charge is 0.264 e. The molecule has 4 saturated carbocycles. The van der Waals surface area contributed by atoms with Crippen molar-refractivity contribution >= 4 is 21.9 Å². The van der Waals surface area contributed by atoms with Gasteiger partial charge in [0, 0.05) is 23.2 Å². The van der Waals surface area contributed by atoms with Gasteiger partial charge in [-0.05, 0) is 105 Å². The van der Waals surface area contributed by atoms with Crippen molar-refractivity contribution in [3.63, 3.8) is 0 Å². The predicted octanol–water partition coefficient (Wildman–Crippen LogP) is 7.46. The standard InChI is InChI=1S/C37H44N4O4S/c1-23-8-6-9-24(2)33(23)30-20-32-39-36(38-30)40-46(43,44)29-13-7-12-27(19-29)35(42)41(28-21-37(22-28)16-17-37)31(34(45-32)26-14-15-26)18-25-10-4-3-5-11-25/h6-9,12-13,19-20,25-26,28,31,34H,3-5,10-11,14-18,21-22H2,1-2H3,(H,38,39,40)/t31?,34-/m1/s1. The summed E-state index contributed by atoms with van der Waals surface area (Å²) in [6.07, 6.45) is 13.4. The number of nitrogens with one attached hydrogen (secondary N) is 1. The summed E-state index contributed by atoms with van der Waals surface area (Å²) in [7, 11) is -4.09. The van der Waals surface area contributed by atoms with E-state index in [-0.39, 0.29) is 34.9 Å². The Morgan fingerprint density at radius 1 is 0.935 bits per heavy atom. The monoisotopic (exact) mass is 640 g/mol. The molecule has 0 saturated heterocycles. The van der Waals surface area contributed by atoms with Crippen molar-refractivity contribution in [3.8, 4) is 17.1 Å². The molecule has 5 aliphatic rings. The first kappa shape index (κ1) is 29.9. The summed E-state index contributed by atoms with van der Waals surface area (Å²) in [6, 6.07) is 14.4. The highest BCUT2D eigenvalue weighted by Crippen LogP contribution is 2.62. The lowest BCUT2D eigenvalue weighted by molar-refractivity contribution is -0.0207. The third-order valence-electron chi connectivity index (χ3n) is 11.4. The van der Waals surface area contributed by atoms with Crippen LogP contribution in [0.4, 0.5) is 5.95 Å². The van der Waals surface area contributed by atoms with E-state index in [9.17, 15) is 13.2 Å². The van der Waals surface area contributed by atoms with E-state index in [0.29, 0.717) is 34.4 Å². The quantitative estimate of drug-likeness (QED) is 0.311. The molecule has 9 heteroatoms. The molecule has 3 aromatic rings. The summed E-state index contributed by atoms with van der Waals surface area (Å²) >= 11 is 0. The molecular formula is C37H44N4O4S. The number of ether oxygens (including phenoxy) is 1. The number of benzene rings is 2. The van der Waals surface area contributed by atoms with Gasteiger partial charge in [0.05, 0.1) is 16.6 Å². The predicted molar refractivity (Wildman–Crippen MR) is 177 cm³/mol. The highest BCUT2D eigenvalue weighted by molar-refractivity contribution is 7.92. The summed E-state index contributed by atoms with van der Waals surface area (Å²) in [4.78, 5) is 26.4. The normalized spacial score (nSPS) is 25.8. The molecule has 46 heavy (non-hydrogen) atoms. The molecule has 1 spiro atoms. The molecule has 4 bridgehead atoms. The first-order valence-corrected chi connectivity index (χ1v) is 18.7. The average molecular weight is 641 g/mol. The second-order valence-electron chi connectivity index (χ2n) is 14.8. The van der Waals surface area contributed by atoms with Crippen LogP contribution in [-0.4, -0.2) is 47.4 Å². The van der Waals surface area contributed by atoms with Crippen LogP contribution in [0.15, 0.2) is 53.4 Å². The molecule has 2 heterocycles. The van der Waals surface area contributed by atoms with Crippen molar-refractivity contribution in [1.82, 2.24) is 14.9 Å². The lowest BCUT2D eigenvalue weighted by atomic mass is 9.74. The molecule has 4 fully saturated rings. The van der Waals surface area contributed by atoms with Gasteiger partial charge in [-0.25, -0.2) is 18.1 Å². The fourth-order valence-electron chi connectivity index (χ4n) is 8.53. The molecule has 1 aromatic heterocycles. The number of amides is 1. The summed E-state index contributed by atoms with van der Waals surface area (Å²) in [5.41, 5.74) is 4.43. The topological polar surface area (TPSA) is 101 Å². The number of carbonyl (C=O) groups is 1. The number of aryl methyl sites for hydroxylation is 2. The molecule has 2 atom stereocenters. The third kappa shape index (κ3) is 5.69. The number of hydrogen-bond donors (Lipinski definition) is 1. The molecule has 8 rings (SSSR count). The lowest BCUT2D eigenvalue weighted by Crippen LogP contribution is -2.59. The van der Waals surface area contributed by atoms with Crippen LogP contribution in [-0.2, 0) is 10.0 Å². The van der Waals surface area contributed by atoms with Crippen LogP contribution >= 0.6 is 0 Å². The summed E-state index contributed by atoms with van der Waals surface area (Å²) in [5.74, 6) is 1.08. The Morgan fingerprint density at radius 3 is 2.35 bits per heavy atom. The Hall–Kier alpha value is -3.46. The van der Waals surface area contributed by atoms with E-state index in [1.165, 1.54) is 57.1 Å². The summed E-state index contributed by atoms with van der Waals surface area (Å²) < 4.78 is 37.2. The Morgan fingerprint density at radius 2 is 1.65 bits per heavy atom. The molecule has 4 aliphatic carbocycles. The number of nitrogens with zero attached hydrogens (tertiary/aromatic N) is 3. The van der Waals surface area contributed by atoms with Gasteiger partial charge in [0.15, 0.2) is 0 Å². The van der Waals surface area contributed by atoms with Crippen molar-refractivity contribution in [3.05, 3.63) is 65.2 Å². The number of anilines is 1. The highest BCUT2D eigenvalue weighted by atomic mass is 32.2. The maximum absolute atomic E-state index is 14.8. The van der Waals surface area contributed by atoms with Gasteiger partial charge in [-0.15, -0.1) is 0 Å². The number of sulfonamides is 1. The lowest BCUT2D eigenvalue weighted by Gasteiger charge is -2.49. The number of hydrogen-bond acceptors (Lipinski definition) is 6. The van der Waals surface area contributed by atoms with E-state index in [4.69, 9.17) is 9.72 Å². The van der Waals surface area contributed by atoms with E-state index < -0.39 is 10.0 Å². The van der Waals surface area contributed by atoms with Crippen LogP contribution in [0.1, 0.15) is 98.5 Å². The van der Waals surface area contributed by atoms with Crippen LogP contribution in [0.2, 0.25) is 0 Å². The van der Waals surface area contributed by atoms with Gasteiger partial charge in [0.1, 0.15) is 6.10 Å². The number of rotatable bonds is 5. The van der Waals surface area contributed by atoms with E-state index in [1.807, 2.05) is 38.1 Å². The number of fused-ring (bicyclic) bond motifs is 4. The molecule has 1 amide bonds. The second-order valence-corrected chi connectivity index (χ2v) is 16.5. The van der Waals surface area contributed by atoms with Crippen molar-refractivity contribution in [2.24, 2.45) is 17.3 Å². The number of aromatic nitrogens is 2. The first-order chi connectivity index (χ1) is 22.2. The Kier molecular flexibility index (Phi) is 7.38. The molecule has 0 radical (unpaired) electrons. The van der Waals surface area contributed by atoms with Crippen LogP contribution < -0.4 is 9.46 Å². The Labute approximate surface area is 272 Å². The summed E-state index contributed by atoms with van der Waals surface area (Å²) in [5, 5.41) is 0. The van der Waals surface area contributed by atoms with Crippen LogP contribution in [0, 0.1) is 31.1 Å². The third-order valence-corrected chi connectivity index (χ3v) is 12.7. The fourth-order valence-corrected chi connectivity index (χ4v) is 9.52. The average Bonchev–Trinajstić information content (AvgIpc) is 3.94. The van der Waals surface area contributed by atoms with E-state index in [1.54, 1.807) is 12.1 Å². The first-order valence-electron chi connectivity index (χ1n) is 17.3. The van der Waals surface area contributed by atoms with Crippen molar-refractivity contribution in [1.29, 1.82) is 0 Å². The van der Waals surface area contributed by atoms with Crippen molar-refractivity contribution in [2.45, 2.75) is 114 Å². The molecule has 1 aliphatic heterocycles. The molecule has 1 N–H and O–H groups in total. The molecule has 2 aromatic carbocycles. The van der Waals surface area contributed by atoms with Gasteiger partial charge >= 0.3 is 0 Å². The Bertz CT molecular complexity index is 1750. The zero-order valence-electron chi connectivity index (χ0n) is 26.9. The van der Waals surface area contributed by atoms with E-state index in [2.05, 4.69) is 14.6 Å². The summed E-state index contributed by atoms with van der Waals surface area (Å²) in [6.45, 7) is 4.06. The number of carbonyl (C=O) groups excluding carboxylic acids is 1.